The number of hydrogen-bond donors (Lipinski definition) is 2. The van der Waals surface area contributed by atoms with Gasteiger partial charge in [-0.05, 0) is 49.8 Å². The van der Waals surface area contributed by atoms with Crippen molar-refractivity contribution in [2.24, 2.45) is 0 Å². The highest BCUT2D eigenvalue weighted by molar-refractivity contribution is 9.10. The molecule has 7 heteroatoms. The van der Waals surface area contributed by atoms with Crippen LogP contribution >= 0.6 is 15.9 Å². The van der Waals surface area contributed by atoms with Crippen molar-refractivity contribution in [1.82, 2.24) is 14.7 Å². The first-order chi connectivity index (χ1) is 9.83. The standard InChI is InChI=1S/C14H25BrN4O2/c1-5-14(2,6-9-20)17-11-10-16-19(8-7-18(3)4)13(21)12(11)15/h10,17,20H,5-9H2,1-4H3. The molecule has 2 N–H and O–H groups in total. The quantitative estimate of drug-likeness (QED) is 0.735. The van der Waals surface area contributed by atoms with Crippen molar-refractivity contribution in [2.75, 3.05) is 32.6 Å². The predicted octanol–water partition coefficient (Wildman–Crippen LogP) is 1.53. The maximum absolute atomic E-state index is 12.3. The summed E-state index contributed by atoms with van der Waals surface area (Å²) < 4.78 is 1.93. The molecule has 0 amide bonds. The van der Waals surface area contributed by atoms with Crippen LogP contribution in [0.2, 0.25) is 0 Å². The number of rotatable bonds is 8. The van der Waals surface area contributed by atoms with Crippen molar-refractivity contribution < 1.29 is 5.11 Å². The minimum Gasteiger partial charge on any atom is -0.396 e. The molecule has 0 bridgehead atoms. The van der Waals surface area contributed by atoms with E-state index in [-0.39, 0.29) is 17.7 Å². The second-order valence-corrected chi connectivity index (χ2v) is 6.51. The molecule has 21 heavy (non-hydrogen) atoms. The Morgan fingerprint density at radius 3 is 2.71 bits per heavy atom. The van der Waals surface area contributed by atoms with E-state index in [1.54, 1.807) is 6.20 Å². The Balaban J connectivity index is 2.96. The van der Waals surface area contributed by atoms with E-state index in [0.29, 0.717) is 23.1 Å². The summed E-state index contributed by atoms with van der Waals surface area (Å²) in [6, 6.07) is 0. The Morgan fingerprint density at radius 2 is 2.19 bits per heavy atom. The summed E-state index contributed by atoms with van der Waals surface area (Å²) in [7, 11) is 3.91. The van der Waals surface area contributed by atoms with Crippen LogP contribution in [0.5, 0.6) is 0 Å². The highest BCUT2D eigenvalue weighted by Gasteiger charge is 2.23. The zero-order chi connectivity index (χ0) is 16.0. The minimum atomic E-state index is -0.263. The molecule has 1 heterocycles. The lowest BCUT2D eigenvalue weighted by Crippen LogP contribution is -2.37. The molecular weight excluding hydrogens is 336 g/mol. The maximum atomic E-state index is 12.3. The fourth-order valence-electron chi connectivity index (χ4n) is 1.91. The normalized spacial score (nSPS) is 14.2. The summed E-state index contributed by atoms with van der Waals surface area (Å²) in [6.45, 7) is 5.47. The van der Waals surface area contributed by atoms with Crippen LogP contribution in [0.15, 0.2) is 15.5 Å². The maximum Gasteiger partial charge on any atom is 0.283 e. The molecule has 0 radical (unpaired) electrons. The third kappa shape index (κ3) is 5.09. The molecule has 1 unspecified atom stereocenters. The van der Waals surface area contributed by atoms with E-state index >= 15 is 0 Å². The van der Waals surface area contributed by atoms with Crippen molar-refractivity contribution in [3.63, 3.8) is 0 Å². The van der Waals surface area contributed by atoms with E-state index in [9.17, 15) is 4.79 Å². The van der Waals surface area contributed by atoms with Crippen LogP contribution in [0.1, 0.15) is 26.7 Å². The molecule has 0 aliphatic heterocycles. The zero-order valence-electron chi connectivity index (χ0n) is 13.2. The van der Waals surface area contributed by atoms with Crippen LogP contribution in [0, 0.1) is 0 Å². The number of halogens is 1. The van der Waals surface area contributed by atoms with Crippen LogP contribution in [-0.4, -0.2) is 52.6 Å². The van der Waals surface area contributed by atoms with Crippen molar-refractivity contribution in [3.8, 4) is 0 Å². The Hall–Kier alpha value is -0.920. The topological polar surface area (TPSA) is 70.4 Å². The smallest absolute Gasteiger partial charge is 0.283 e. The number of aliphatic hydroxyl groups is 1. The number of nitrogens with zero attached hydrogens (tertiary/aromatic N) is 3. The molecule has 0 aromatic carbocycles. The third-order valence-electron chi connectivity index (χ3n) is 3.62. The average molecular weight is 361 g/mol. The highest BCUT2D eigenvalue weighted by atomic mass is 79.9. The Bertz CT molecular complexity index is 518. The first kappa shape index (κ1) is 18.1. The SMILES string of the molecule is CCC(C)(CCO)Nc1cnn(CCN(C)C)c(=O)c1Br. The van der Waals surface area contributed by atoms with E-state index in [1.165, 1.54) is 4.68 Å². The second kappa shape index (κ2) is 7.91. The van der Waals surface area contributed by atoms with Gasteiger partial charge in [0.25, 0.3) is 5.56 Å². The van der Waals surface area contributed by atoms with Gasteiger partial charge in [-0.25, -0.2) is 4.68 Å². The fourth-order valence-corrected chi connectivity index (χ4v) is 2.31. The van der Waals surface area contributed by atoms with Gasteiger partial charge in [-0.1, -0.05) is 6.92 Å². The lowest BCUT2D eigenvalue weighted by Gasteiger charge is -2.30. The van der Waals surface area contributed by atoms with Crippen LogP contribution in [0.3, 0.4) is 0 Å². The van der Waals surface area contributed by atoms with E-state index in [0.717, 1.165) is 13.0 Å². The van der Waals surface area contributed by atoms with Gasteiger partial charge < -0.3 is 15.3 Å². The first-order valence-electron chi connectivity index (χ1n) is 7.12. The van der Waals surface area contributed by atoms with Gasteiger partial charge in [0.2, 0.25) is 0 Å². The number of nitrogens with one attached hydrogen (secondary N) is 1. The summed E-state index contributed by atoms with van der Waals surface area (Å²) >= 11 is 3.36. The number of aromatic nitrogens is 2. The average Bonchev–Trinajstić information content (AvgIpc) is 2.43. The van der Waals surface area contributed by atoms with Gasteiger partial charge in [0.15, 0.2) is 0 Å². The molecule has 0 saturated carbocycles. The summed E-state index contributed by atoms with van der Waals surface area (Å²) in [6.07, 6.45) is 3.11. The summed E-state index contributed by atoms with van der Waals surface area (Å²) in [5.41, 5.74) is 0.254. The molecule has 0 aliphatic carbocycles. The molecule has 6 nitrogen and oxygen atoms in total. The zero-order valence-corrected chi connectivity index (χ0v) is 14.8. The first-order valence-corrected chi connectivity index (χ1v) is 7.91. The van der Waals surface area contributed by atoms with Gasteiger partial charge in [-0.2, -0.15) is 5.10 Å². The Morgan fingerprint density at radius 1 is 1.52 bits per heavy atom. The van der Waals surface area contributed by atoms with Crippen molar-refractivity contribution in [1.29, 1.82) is 0 Å². The fraction of sp³-hybridized carbons (Fsp3) is 0.714. The third-order valence-corrected chi connectivity index (χ3v) is 4.39. The van der Waals surface area contributed by atoms with Gasteiger partial charge in [0.05, 0.1) is 18.4 Å². The molecule has 1 atom stereocenters. The van der Waals surface area contributed by atoms with E-state index < -0.39 is 0 Å². The summed E-state index contributed by atoms with van der Waals surface area (Å²) in [5, 5.41) is 16.7. The van der Waals surface area contributed by atoms with Crippen LogP contribution < -0.4 is 10.9 Å². The number of hydrogen-bond acceptors (Lipinski definition) is 5. The van der Waals surface area contributed by atoms with Gasteiger partial charge >= 0.3 is 0 Å². The summed E-state index contributed by atoms with van der Waals surface area (Å²) in [4.78, 5) is 14.3. The number of aliphatic hydroxyl groups excluding tert-OH is 1. The molecule has 0 spiro atoms. The van der Waals surface area contributed by atoms with Crippen molar-refractivity contribution in [3.05, 3.63) is 21.0 Å². The van der Waals surface area contributed by atoms with Crippen molar-refractivity contribution in [2.45, 2.75) is 38.8 Å². The second-order valence-electron chi connectivity index (χ2n) is 5.72. The van der Waals surface area contributed by atoms with Crippen LogP contribution in [-0.2, 0) is 6.54 Å². The van der Waals surface area contributed by atoms with Gasteiger partial charge in [0.1, 0.15) is 4.47 Å². The van der Waals surface area contributed by atoms with E-state index in [4.69, 9.17) is 5.11 Å². The molecule has 120 valence electrons. The van der Waals surface area contributed by atoms with Gasteiger partial charge in [-0.15, -0.1) is 0 Å². The lowest BCUT2D eigenvalue weighted by atomic mass is 9.95. The lowest BCUT2D eigenvalue weighted by molar-refractivity contribution is 0.252. The monoisotopic (exact) mass is 360 g/mol. The van der Waals surface area contributed by atoms with Crippen LogP contribution in [0.25, 0.3) is 0 Å². The largest absolute Gasteiger partial charge is 0.396 e. The summed E-state index contributed by atoms with van der Waals surface area (Å²) in [5.74, 6) is 0. The molecule has 0 saturated heterocycles. The Kier molecular flexibility index (Phi) is 6.83. The molecular formula is C14H25BrN4O2. The molecule has 0 aliphatic rings. The van der Waals surface area contributed by atoms with Crippen molar-refractivity contribution >= 4 is 21.6 Å². The highest BCUT2D eigenvalue weighted by Crippen LogP contribution is 2.25. The Labute approximate surface area is 134 Å². The molecule has 0 fully saturated rings. The van der Waals surface area contributed by atoms with Crippen LogP contribution in [0.4, 0.5) is 5.69 Å². The molecule has 1 aromatic heterocycles. The van der Waals surface area contributed by atoms with E-state index in [1.807, 2.05) is 32.8 Å². The number of likely N-dealkylation sites (N-methyl/N-ethyl adjacent to an activating group) is 1. The number of anilines is 1. The predicted molar refractivity (Wildman–Crippen MR) is 88.8 cm³/mol. The van der Waals surface area contributed by atoms with Gasteiger partial charge in [-0.3, -0.25) is 4.79 Å². The van der Waals surface area contributed by atoms with Gasteiger partial charge in [0, 0.05) is 18.7 Å². The minimum absolute atomic E-state index is 0.0995. The molecule has 1 rings (SSSR count). The molecule has 1 aromatic rings. The van der Waals surface area contributed by atoms with E-state index in [2.05, 4.69) is 26.3 Å².